The van der Waals surface area contributed by atoms with Gasteiger partial charge >= 0.3 is 0 Å². The van der Waals surface area contributed by atoms with Crippen LogP contribution in [-0.4, -0.2) is 39.0 Å². The molecule has 0 bridgehead atoms. The Morgan fingerprint density at radius 2 is 2.17 bits per heavy atom. The van der Waals surface area contributed by atoms with Gasteiger partial charge in [-0.2, -0.15) is 12.7 Å². The Labute approximate surface area is 107 Å². The molecule has 0 atom stereocenters. The first kappa shape index (κ1) is 12.0. The van der Waals surface area contributed by atoms with Crippen LogP contribution < -0.4 is 9.46 Å². The van der Waals surface area contributed by atoms with E-state index in [1.54, 1.807) is 0 Å². The minimum absolute atomic E-state index is 0.443. The molecule has 0 spiro atoms. The van der Waals surface area contributed by atoms with Gasteiger partial charge in [0.05, 0.1) is 6.61 Å². The Kier molecular flexibility index (Phi) is 3.01. The smallest absolute Gasteiger partial charge is 0.279 e. The number of hydrogen-bond acceptors (Lipinski definition) is 3. The third-order valence-electron chi connectivity index (χ3n) is 3.20. The first-order chi connectivity index (χ1) is 8.65. The zero-order valence-corrected chi connectivity index (χ0v) is 10.9. The van der Waals surface area contributed by atoms with Gasteiger partial charge in [0.15, 0.2) is 0 Å². The molecule has 1 fully saturated rings. The monoisotopic (exact) mass is 268 g/mol. The van der Waals surface area contributed by atoms with Crippen molar-refractivity contribution in [3.05, 3.63) is 29.3 Å². The molecule has 0 radical (unpaired) electrons. The van der Waals surface area contributed by atoms with E-state index in [2.05, 4.69) is 10.8 Å². The van der Waals surface area contributed by atoms with Crippen molar-refractivity contribution in [3.8, 4) is 5.75 Å². The quantitative estimate of drug-likeness (QED) is 0.782. The van der Waals surface area contributed by atoms with Crippen molar-refractivity contribution < 1.29 is 13.2 Å². The minimum atomic E-state index is -3.21. The molecule has 0 saturated carbocycles. The average molecular weight is 268 g/mol. The minimum Gasteiger partial charge on any atom is -0.493 e. The molecule has 5 nitrogen and oxygen atoms in total. The van der Waals surface area contributed by atoms with Crippen LogP contribution in [0.1, 0.15) is 11.1 Å². The van der Waals surface area contributed by atoms with Crippen LogP contribution in [0, 0.1) is 0 Å². The van der Waals surface area contributed by atoms with Crippen LogP contribution in [0.15, 0.2) is 18.2 Å². The van der Waals surface area contributed by atoms with Gasteiger partial charge in [0, 0.05) is 26.1 Å². The lowest BCUT2D eigenvalue weighted by Crippen LogP contribution is -2.31. The van der Waals surface area contributed by atoms with Crippen LogP contribution in [0.3, 0.4) is 0 Å². The highest BCUT2D eigenvalue weighted by Crippen LogP contribution is 2.25. The van der Waals surface area contributed by atoms with E-state index < -0.39 is 10.2 Å². The van der Waals surface area contributed by atoms with Gasteiger partial charge in [-0.05, 0) is 23.6 Å². The maximum atomic E-state index is 11.6. The number of ether oxygens (including phenoxy) is 1. The Bertz CT molecular complexity index is 552. The van der Waals surface area contributed by atoms with Crippen molar-refractivity contribution in [1.29, 1.82) is 0 Å². The molecule has 2 aliphatic heterocycles. The van der Waals surface area contributed by atoms with Crippen molar-refractivity contribution in [3.63, 3.8) is 0 Å². The summed E-state index contributed by atoms with van der Waals surface area (Å²) in [4.78, 5) is 0. The number of benzene rings is 1. The second-order valence-corrected chi connectivity index (χ2v) is 6.34. The normalized spacial score (nSPS) is 18.4. The Hall–Kier alpha value is -1.11. The Morgan fingerprint density at radius 3 is 2.94 bits per heavy atom. The largest absolute Gasteiger partial charge is 0.493 e. The molecule has 3 rings (SSSR count). The van der Waals surface area contributed by atoms with E-state index in [9.17, 15) is 8.42 Å². The fourth-order valence-corrected chi connectivity index (χ4v) is 3.20. The van der Waals surface area contributed by atoms with Crippen molar-refractivity contribution in [2.24, 2.45) is 0 Å². The summed E-state index contributed by atoms with van der Waals surface area (Å²) in [5.41, 5.74) is 2.37. The number of rotatable bonds is 5. The molecule has 2 aliphatic rings. The topological polar surface area (TPSA) is 58.4 Å². The van der Waals surface area contributed by atoms with E-state index in [-0.39, 0.29) is 0 Å². The summed E-state index contributed by atoms with van der Waals surface area (Å²) < 4.78 is 32.6. The second-order valence-electron chi connectivity index (χ2n) is 4.59. The van der Waals surface area contributed by atoms with E-state index in [1.807, 2.05) is 12.1 Å². The van der Waals surface area contributed by atoms with Crippen LogP contribution >= 0.6 is 0 Å². The maximum absolute atomic E-state index is 11.6. The number of nitrogens with zero attached hydrogens (tertiary/aromatic N) is 1. The van der Waals surface area contributed by atoms with Crippen LogP contribution in [0.2, 0.25) is 0 Å². The summed E-state index contributed by atoms with van der Waals surface area (Å²) in [5.74, 6) is 0.962. The van der Waals surface area contributed by atoms with Gasteiger partial charge < -0.3 is 4.74 Å². The molecule has 18 heavy (non-hydrogen) atoms. The van der Waals surface area contributed by atoms with E-state index in [4.69, 9.17) is 4.74 Å². The summed E-state index contributed by atoms with van der Waals surface area (Å²) in [7, 11) is -3.21. The highest BCUT2D eigenvalue weighted by Gasteiger charge is 2.30. The molecule has 0 unspecified atom stereocenters. The first-order valence-electron chi connectivity index (χ1n) is 6.14. The maximum Gasteiger partial charge on any atom is 0.279 e. The highest BCUT2D eigenvalue weighted by atomic mass is 32.2. The highest BCUT2D eigenvalue weighted by molar-refractivity contribution is 7.87. The molecule has 1 aromatic carbocycles. The Balaban J connectivity index is 1.57. The third kappa shape index (κ3) is 2.50. The summed E-state index contributed by atoms with van der Waals surface area (Å²) in [6, 6.07) is 6.07. The van der Waals surface area contributed by atoms with Crippen LogP contribution in [-0.2, 0) is 23.1 Å². The van der Waals surface area contributed by atoms with E-state index in [1.165, 1.54) is 9.87 Å². The van der Waals surface area contributed by atoms with E-state index in [0.717, 1.165) is 24.3 Å². The van der Waals surface area contributed by atoms with Gasteiger partial charge in [0.1, 0.15) is 5.75 Å². The molecule has 0 aliphatic carbocycles. The lowest BCUT2D eigenvalue weighted by molar-refractivity contribution is 0.357. The lowest BCUT2D eigenvalue weighted by atomic mass is 10.1. The van der Waals surface area contributed by atoms with Gasteiger partial charge in [-0.25, -0.2) is 4.72 Å². The van der Waals surface area contributed by atoms with Gasteiger partial charge in [0.2, 0.25) is 0 Å². The molecule has 6 heteroatoms. The molecule has 1 aromatic rings. The molecule has 0 aromatic heterocycles. The summed E-state index contributed by atoms with van der Waals surface area (Å²) in [6.07, 6.45) is 1.66. The van der Waals surface area contributed by atoms with Gasteiger partial charge in [0.25, 0.3) is 10.2 Å². The molecule has 98 valence electrons. The lowest BCUT2D eigenvalue weighted by Gasteiger charge is -2.07. The van der Waals surface area contributed by atoms with Crippen molar-refractivity contribution in [2.75, 3.05) is 26.2 Å². The second kappa shape index (κ2) is 4.53. The fourth-order valence-electron chi connectivity index (χ4n) is 2.09. The number of nitrogens with one attached hydrogen (secondary N) is 1. The molecular weight excluding hydrogens is 252 g/mol. The van der Waals surface area contributed by atoms with E-state index in [0.29, 0.717) is 26.1 Å². The fraction of sp³-hybridized carbons (Fsp3) is 0.500. The van der Waals surface area contributed by atoms with Crippen LogP contribution in [0.25, 0.3) is 0 Å². The molecule has 2 heterocycles. The van der Waals surface area contributed by atoms with Gasteiger partial charge in [-0.15, -0.1) is 0 Å². The van der Waals surface area contributed by atoms with Gasteiger partial charge in [-0.1, -0.05) is 12.1 Å². The standard InChI is InChI=1S/C12H16N2O3S/c15-18(16,14-6-7-14)13-5-3-10-1-2-12-11(9-10)4-8-17-12/h1-2,9,13H,3-8H2. The van der Waals surface area contributed by atoms with Crippen molar-refractivity contribution in [1.82, 2.24) is 9.03 Å². The Morgan fingerprint density at radius 1 is 1.33 bits per heavy atom. The summed E-state index contributed by atoms with van der Waals surface area (Å²) in [5, 5.41) is 0. The molecule has 0 amide bonds. The zero-order chi connectivity index (χ0) is 12.6. The van der Waals surface area contributed by atoms with Gasteiger partial charge in [-0.3, -0.25) is 0 Å². The first-order valence-corrected chi connectivity index (χ1v) is 7.58. The predicted octanol–water partition coefficient (Wildman–Crippen LogP) is 0.314. The number of fused-ring (bicyclic) bond motifs is 1. The molecule has 1 N–H and O–H groups in total. The van der Waals surface area contributed by atoms with Crippen molar-refractivity contribution >= 4 is 10.2 Å². The third-order valence-corrected chi connectivity index (χ3v) is 4.81. The summed E-state index contributed by atoms with van der Waals surface area (Å²) >= 11 is 0. The molecular formula is C12H16N2O3S. The number of hydrogen-bond donors (Lipinski definition) is 1. The van der Waals surface area contributed by atoms with Crippen LogP contribution in [0.5, 0.6) is 5.75 Å². The zero-order valence-electron chi connectivity index (χ0n) is 10.1. The molecule has 1 saturated heterocycles. The van der Waals surface area contributed by atoms with E-state index >= 15 is 0 Å². The van der Waals surface area contributed by atoms with Crippen molar-refractivity contribution in [2.45, 2.75) is 12.8 Å². The predicted molar refractivity (Wildman–Crippen MR) is 67.8 cm³/mol. The summed E-state index contributed by atoms with van der Waals surface area (Å²) in [6.45, 7) is 2.48. The van der Waals surface area contributed by atoms with Crippen LogP contribution in [0.4, 0.5) is 0 Å². The average Bonchev–Trinajstić information content (AvgIpc) is 3.09. The SMILES string of the molecule is O=S(=O)(NCCc1ccc2c(c1)CCO2)N1CC1.